The van der Waals surface area contributed by atoms with E-state index in [1.807, 2.05) is 6.07 Å². The maximum Gasteiger partial charge on any atom is 0.0998 e. The molecule has 0 spiro atoms. The highest BCUT2D eigenvalue weighted by atomic mass is 14.3. The average molecular weight is 355 g/mol. The molecule has 0 radical (unpaired) electrons. The van der Waals surface area contributed by atoms with Gasteiger partial charge in [-0.1, -0.05) is 72.8 Å². The minimum atomic E-state index is 0.774. The van der Waals surface area contributed by atoms with Crippen molar-refractivity contribution >= 4 is 0 Å². The first kappa shape index (κ1) is 15.4. The van der Waals surface area contributed by atoms with Crippen LogP contribution in [0.2, 0.25) is 0 Å². The summed E-state index contributed by atoms with van der Waals surface area (Å²) in [5.74, 6) is 0. The summed E-state index contributed by atoms with van der Waals surface area (Å²) in [7, 11) is 0. The molecule has 0 aromatic heterocycles. The van der Waals surface area contributed by atoms with Crippen molar-refractivity contribution in [1.29, 1.82) is 5.26 Å². The van der Waals surface area contributed by atoms with Crippen molar-refractivity contribution in [3.05, 3.63) is 107 Å². The molecule has 4 aromatic carbocycles. The van der Waals surface area contributed by atoms with E-state index < -0.39 is 0 Å². The fourth-order valence-electron chi connectivity index (χ4n) is 5.00. The summed E-state index contributed by atoms with van der Waals surface area (Å²) in [5, 5.41) is 9.90. The van der Waals surface area contributed by atoms with Crippen molar-refractivity contribution in [3.63, 3.8) is 0 Å². The fraction of sp³-hybridized carbons (Fsp3) is 0.0741. The van der Waals surface area contributed by atoms with Crippen LogP contribution in [0.1, 0.15) is 27.8 Å². The van der Waals surface area contributed by atoms with Crippen molar-refractivity contribution in [3.8, 4) is 39.4 Å². The molecule has 2 aliphatic rings. The number of fused-ring (bicyclic) bond motifs is 6. The predicted molar refractivity (Wildman–Crippen MR) is 113 cm³/mol. The second-order valence-electron chi connectivity index (χ2n) is 7.63. The van der Waals surface area contributed by atoms with Crippen LogP contribution in [0.5, 0.6) is 0 Å². The van der Waals surface area contributed by atoms with Crippen LogP contribution >= 0.6 is 0 Å². The summed E-state index contributed by atoms with van der Waals surface area (Å²) in [6.45, 7) is 0. The lowest BCUT2D eigenvalue weighted by atomic mass is 9.87. The van der Waals surface area contributed by atoms with Crippen LogP contribution < -0.4 is 0 Å². The molecule has 0 heterocycles. The molecule has 0 saturated heterocycles. The van der Waals surface area contributed by atoms with Gasteiger partial charge in [0, 0.05) is 5.56 Å². The van der Waals surface area contributed by atoms with Crippen LogP contribution in [0.15, 0.2) is 78.9 Å². The standard InChI is InChI=1S/C27H17N/c28-16-19-12-13-23-21-9-4-2-7-18(21)15-26(23)27(19)24-11-5-10-22-20-8-3-1-6-17(20)14-25(22)24/h1-13H,14-15H2. The Labute approximate surface area is 164 Å². The minimum Gasteiger partial charge on any atom is -0.192 e. The van der Waals surface area contributed by atoms with E-state index in [4.69, 9.17) is 0 Å². The number of benzene rings is 4. The van der Waals surface area contributed by atoms with Crippen LogP contribution in [-0.4, -0.2) is 0 Å². The summed E-state index contributed by atoms with van der Waals surface area (Å²) in [4.78, 5) is 0. The maximum absolute atomic E-state index is 9.90. The molecular weight excluding hydrogens is 338 g/mol. The number of hydrogen-bond acceptors (Lipinski definition) is 1. The van der Waals surface area contributed by atoms with Gasteiger partial charge < -0.3 is 0 Å². The van der Waals surface area contributed by atoms with E-state index in [-0.39, 0.29) is 0 Å². The molecule has 0 unspecified atom stereocenters. The molecule has 0 aliphatic heterocycles. The molecule has 4 aromatic rings. The summed E-state index contributed by atoms with van der Waals surface area (Å²) in [5.41, 5.74) is 13.7. The first-order valence-corrected chi connectivity index (χ1v) is 9.70. The molecule has 0 saturated carbocycles. The van der Waals surface area contributed by atoms with Crippen LogP contribution in [0, 0.1) is 11.3 Å². The zero-order chi connectivity index (χ0) is 18.7. The Bertz CT molecular complexity index is 1320. The predicted octanol–water partition coefficient (Wildman–Crippen LogP) is 6.37. The zero-order valence-corrected chi connectivity index (χ0v) is 15.4. The minimum absolute atomic E-state index is 0.774. The lowest BCUT2D eigenvalue weighted by Crippen LogP contribution is -1.96. The lowest BCUT2D eigenvalue weighted by molar-refractivity contribution is 1.23. The molecule has 0 fully saturated rings. The van der Waals surface area contributed by atoms with E-state index in [9.17, 15) is 5.26 Å². The monoisotopic (exact) mass is 355 g/mol. The van der Waals surface area contributed by atoms with E-state index >= 15 is 0 Å². The van der Waals surface area contributed by atoms with Crippen molar-refractivity contribution in [2.24, 2.45) is 0 Å². The van der Waals surface area contributed by atoms with Gasteiger partial charge >= 0.3 is 0 Å². The van der Waals surface area contributed by atoms with Gasteiger partial charge in [0.2, 0.25) is 0 Å². The quantitative estimate of drug-likeness (QED) is 0.336. The van der Waals surface area contributed by atoms with Crippen LogP contribution in [0.3, 0.4) is 0 Å². The third-order valence-electron chi connectivity index (χ3n) is 6.23. The summed E-state index contributed by atoms with van der Waals surface area (Å²) in [6.07, 6.45) is 1.83. The second kappa shape index (κ2) is 5.68. The Kier molecular flexibility index (Phi) is 3.13. The third kappa shape index (κ3) is 2.01. The van der Waals surface area contributed by atoms with E-state index in [2.05, 4.69) is 78.9 Å². The topological polar surface area (TPSA) is 23.8 Å². The van der Waals surface area contributed by atoms with Crippen molar-refractivity contribution < 1.29 is 0 Å². The molecular formula is C27H17N. The Hall–Kier alpha value is -3.63. The number of nitrogens with zero attached hydrogens (tertiary/aromatic N) is 1. The summed E-state index contributed by atoms with van der Waals surface area (Å²) in [6, 6.07) is 30.4. The first-order valence-electron chi connectivity index (χ1n) is 9.70. The Morgan fingerprint density at radius 2 is 1.11 bits per heavy atom. The van der Waals surface area contributed by atoms with Gasteiger partial charge in [-0.2, -0.15) is 5.26 Å². The van der Waals surface area contributed by atoms with Crippen molar-refractivity contribution in [1.82, 2.24) is 0 Å². The fourth-order valence-corrected chi connectivity index (χ4v) is 5.00. The third-order valence-corrected chi connectivity index (χ3v) is 6.23. The molecule has 28 heavy (non-hydrogen) atoms. The largest absolute Gasteiger partial charge is 0.192 e. The normalized spacial score (nSPS) is 12.7. The lowest BCUT2D eigenvalue weighted by Gasteiger charge is -2.15. The van der Waals surface area contributed by atoms with Crippen molar-refractivity contribution in [2.45, 2.75) is 12.8 Å². The number of rotatable bonds is 1. The van der Waals surface area contributed by atoms with Gasteiger partial charge in [-0.05, 0) is 69.0 Å². The van der Waals surface area contributed by atoms with E-state index in [1.54, 1.807) is 0 Å². The summed E-state index contributed by atoms with van der Waals surface area (Å²) < 4.78 is 0. The van der Waals surface area contributed by atoms with Gasteiger partial charge in [0.15, 0.2) is 0 Å². The van der Waals surface area contributed by atoms with Crippen LogP contribution in [0.4, 0.5) is 0 Å². The van der Waals surface area contributed by atoms with Gasteiger partial charge in [-0.3, -0.25) is 0 Å². The molecule has 1 nitrogen and oxygen atoms in total. The van der Waals surface area contributed by atoms with Gasteiger partial charge in [0.05, 0.1) is 11.6 Å². The highest BCUT2D eigenvalue weighted by molar-refractivity contribution is 5.92. The van der Waals surface area contributed by atoms with E-state index in [1.165, 1.54) is 50.1 Å². The van der Waals surface area contributed by atoms with E-state index in [0.29, 0.717) is 0 Å². The van der Waals surface area contributed by atoms with Gasteiger partial charge in [-0.15, -0.1) is 0 Å². The number of hydrogen-bond donors (Lipinski definition) is 0. The van der Waals surface area contributed by atoms with Crippen LogP contribution in [-0.2, 0) is 12.8 Å². The highest BCUT2D eigenvalue weighted by Gasteiger charge is 2.27. The van der Waals surface area contributed by atoms with Gasteiger partial charge in [0.25, 0.3) is 0 Å². The summed E-state index contributed by atoms with van der Waals surface area (Å²) >= 11 is 0. The molecule has 0 atom stereocenters. The first-order chi connectivity index (χ1) is 13.8. The second-order valence-corrected chi connectivity index (χ2v) is 7.63. The Balaban J connectivity index is 1.64. The molecule has 130 valence electrons. The maximum atomic E-state index is 9.90. The van der Waals surface area contributed by atoms with Gasteiger partial charge in [-0.25, -0.2) is 0 Å². The SMILES string of the molecule is N#Cc1ccc2c(c1-c1cccc3c1Cc1ccccc1-3)Cc1ccccc1-2. The molecule has 6 rings (SSSR count). The van der Waals surface area contributed by atoms with E-state index in [0.717, 1.165) is 24.0 Å². The van der Waals surface area contributed by atoms with Crippen LogP contribution in [0.25, 0.3) is 33.4 Å². The van der Waals surface area contributed by atoms with Crippen molar-refractivity contribution in [2.75, 3.05) is 0 Å². The molecule has 1 heteroatoms. The number of nitriles is 1. The average Bonchev–Trinajstić information content (AvgIpc) is 3.31. The Morgan fingerprint density at radius 1 is 0.536 bits per heavy atom. The smallest absolute Gasteiger partial charge is 0.0998 e. The molecule has 0 amide bonds. The highest BCUT2D eigenvalue weighted by Crippen LogP contribution is 2.47. The Morgan fingerprint density at radius 3 is 1.82 bits per heavy atom. The van der Waals surface area contributed by atoms with Gasteiger partial charge in [0.1, 0.15) is 0 Å². The zero-order valence-electron chi connectivity index (χ0n) is 15.4. The molecule has 0 N–H and O–H groups in total. The molecule has 0 bridgehead atoms. The molecule has 2 aliphatic carbocycles.